The smallest absolute Gasteiger partial charge is 0.326 e. The van der Waals surface area contributed by atoms with Gasteiger partial charge in [-0.1, -0.05) is 5.11 Å². The molecule has 204 valence electrons. The standard InChI is InChI=1S/C19H32N6O11/c20-25-22-6-8-35-10-12-36-11-9-34-7-5-21-15(26)3-1-13(17(29)30)23-19(33)24-14(18(31)32)2-4-16(27)28/h13-14H,1-12H2,(H,21,26)(H,27,28)(H,29,30)(H,31,32)(H2,23,24,33)/t13-,14-/m0/s1. The number of hydrogen-bond donors (Lipinski definition) is 6. The fraction of sp³-hybridized carbons (Fsp3) is 0.737. The summed E-state index contributed by atoms with van der Waals surface area (Å²) in [6, 6.07) is -4.11. The van der Waals surface area contributed by atoms with Crippen molar-refractivity contribution in [3.8, 4) is 0 Å². The monoisotopic (exact) mass is 520 g/mol. The van der Waals surface area contributed by atoms with Crippen LogP contribution in [0.3, 0.4) is 0 Å². The van der Waals surface area contributed by atoms with Crippen molar-refractivity contribution in [3.05, 3.63) is 10.4 Å². The van der Waals surface area contributed by atoms with Crippen LogP contribution in [0.1, 0.15) is 25.7 Å². The van der Waals surface area contributed by atoms with Crippen LogP contribution in [-0.2, 0) is 33.4 Å². The van der Waals surface area contributed by atoms with Gasteiger partial charge in [0.25, 0.3) is 0 Å². The molecule has 6 N–H and O–H groups in total. The van der Waals surface area contributed by atoms with E-state index in [1.807, 2.05) is 5.32 Å². The van der Waals surface area contributed by atoms with Crippen LogP contribution in [-0.4, -0.2) is 110 Å². The Labute approximate surface area is 206 Å². The molecule has 17 nitrogen and oxygen atoms in total. The third kappa shape index (κ3) is 18.7. The minimum atomic E-state index is -1.52. The van der Waals surface area contributed by atoms with Crippen LogP contribution in [0.25, 0.3) is 10.4 Å². The SMILES string of the molecule is [N-]=[N+]=NCCOCCOCCOCCNC(=O)CC[C@H](NC(=O)N[C@@H](CCC(=O)O)C(=O)O)C(=O)O. The molecule has 17 heteroatoms. The molecule has 0 bridgehead atoms. The van der Waals surface area contributed by atoms with Crippen molar-refractivity contribution in [1.29, 1.82) is 0 Å². The number of hydrogen-bond acceptors (Lipinski definition) is 9. The molecular weight excluding hydrogens is 488 g/mol. The highest BCUT2D eigenvalue weighted by molar-refractivity contribution is 5.86. The molecule has 0 aromatic carbocycles. The quantitative estimate of drug-likeness (QED) is 0.0450. The van der Waals surface area contributed by atoms with E-state index in [1.165, 1.54) is 0 Å². The third-order valence-electron chi connectivity index (χ3n) is 4.23. The van der Waals surface area contributed by atoms with Crippen molar-refractivity contribution in [1.82, 2.24) is 16.0 Å². The first kappa shape index (κ1) is 32.3. The molecule has 3 amide bonds. The van der Waals surface area contributed by atoms with E-state index in [-0.39, 0.29) is 45.6 Å². The van der Waals surface area contributed by atoms with Crippen LogP contribution in [0.4, 0.5) is 4.79 Å². The number of nitrogens with one attached hydrogen (secondary N) is 3. The normalized spacial score (nSPS) is 12.0. The van der Waals surface area contributed by atoms with E-state index in [2.05, 4.69) is 20.7 Å². The van der Waals surface area contributed by atoms with Gasteiger partial charge in [0.1, 0.15) is 12.1 Å². The molecule has 0 fully saturated rings. The van der Waals surface area contributed by atoms with Crippen molar-refractivity contribution in [3.63, 3.8) is 0 Å². The molecule has 0 saturated heterocycles. The number of carboxylic acid groups (broad SMARTS) is 3. The highest BCUT2D eigenvalue weighted by atomic mass is 16.5. The van der Waals surface area contributed by atoms with Gasteiger partial charge in [0.05, 0.1) is 39.6 Å². The lowest BCUT2D eigenvalue weighted by atomic mass is 10.1. The average molecular weight is 520 g/mol. The predicted molar refractivity (Wildman–Crippen MR) is 120 cm³/mol. The number of aliphatic carboxylic acids is 3. The minimum absolute atomic E-state index is 0.164. The molecule has 0 aliphatic heterocycles. The number of carboxylic acids is 3. The number of rotatable bonds is 22. The lowest BCUT2D eigenvalue weighted by molar-refractivity contribution is -0.141. The topological polar surface area (TPSA) is 259 Å². The molecule has 0 heterocycles. The summed E-state index contributed by atoms with van der Waals surface area (Å²) in [5, 5.41) is 36.8. The lowest BCUT2D eigenvalue weighted by Crippen LogP contribution is -2.51. The summed E-state index contributed by atoms with van der Waals surface area (Å²) in [6.45, 7) is 2.17. The maximum absolute atomic E-state index is 11.9. The summed E-state index contributed by atoms with van der Waals surface area (Å²) < 4.78 is 15.7. The zero-order valence-corrected chi connectivity index (χ0v) is 19.6. The summed E-state index contributed by atoms with van der Waals surface area (Å²) in [5.41, 5.74) is 8.09. The Morgan fingerprint density at radius 1 is 0.778 bits per heavy atom. The predicted octanol–water partition coefficient (Wildman–Crippen LogP) is -0.687. The van der Waals surface area contributed by atoms with Gasteiger partial charge in [-0.15, -0.1) is 0 Å². The largest absolute Gasteiger partial charge is 0.481 e. The molecule has 2 atom stereocenters. The molecule has 0 aliphatic carbocycles. The summed E-state index contributed by atoms with van der Waals surface area (Å²) >= 11 is 0. The molecule has 36 heavy (non-hydrogen) atoms. The fourth-order valence-corrected chi connectivity index (χ4v) is 2.46. The van der Waals surface area contributed by atoms with Gasteiger partial charge in [-0.25, -0.2) is 14.4 Å². The van der Waals surface area contributed by atoms with Crippen molar-refractivity contribution in [2.75, 3.05) is 52.7 Å². The van der Waals surface area contributed by atoms with Gasteiger partial charge in [-0.3, -0.25) is 9.59 Å². The molecule has 0 aliphatic rings. The van der Waals surface area contributed by atoms with Crippen LogP contribution >= 0.6 is 0 Å². The number of amides is 3. The summed E-state index contributed by atoms with van der Waals surface area (Å²) in [6.07, 6.45) is -1.39. The zero-order chi connectivity index (χ0) is 27.2. The minimum Gasteiger partial charge on any atom is -0.481 e. The number of urea groups is 1. The van der Waals surface area contributed by atoms with Crippen molar-refractivity contribution in [2.24, 2.45) is 5.11 Å². The maximum atomic E-state index is 11.9. The van der Waals surface area contributed by atoms with Crippen molar-refractivity contribution in [2.45, 2.75) is 37.8 Å². The van der Waals surface area contributed by atoms with Gasteiger partial charge in [0.15, 0.2) is 0 Å². The van der Waals surface area contributed by atoms with Gasteiger partial charge in [0, 0.05) is 30.8 Å². The summed E-state index contributed by atoms with van der Waals surface area (Å²) in [4.78, 5) is 59.4. The lowest BCUT2D eigenvalue weighted by Gasteiger charge is -2.18. The number of carbonyl (C=O) groups is 5. The van der Waals surface area contributed by atoms with Crippen LogP contribution in [0.15, 0.2) is 5.11 Å². The first-order chi connectivity index (χ1) is 17.2. The summed E-state index contributed by atoms with van der Waals surface area (Å²) in [7, 11) is 0. The van der Waals surface area contributed by atoms with E-state index in [0.717, 1.165) is 0 Å². The fourth-order valence-electron chi connectivity index (χ4n) is 2.46. The van der Waals surface area contributed by atoms with Crippen LogP contribution in [0.5, 0.6) is 0 Å². The van der Waals surface area contributed by atoms with E-state index in [4.69, 9.17) is 30.0 Å². The van der Waals surface area contributed by atoms with Gasteiger partial charge in [-0.05, 0) is 18.4 Å². The second-order valence-electron chi connectivity index (χ2n) is 7.01. The van der Waals surface area contributed by atoms with Crippen LogP contribution < -0.4 is 16.0 Å². The average Bonchev–Trinajstić information content (AvgIpc) is 2.81. The Bertz CT molecular complexity index is 760. The third-order valence-corrected chi connectivity index (χ3v) is 4.23. The van der Waals surface area contributed by atoms with Gasteiger partial charge >= 0.3 is 23.9 Å². The molecule has 0 radical (unpaired) electrons. The van der Waals surface area contributed by atoms with E-state index < -0.39 is 48.4 Å². The second kappa shape index (κ2) is 20.7. The Kier molecular flexibility index (Phi) is 18.6. The number of azide groups is 1. The molecule has 0 aromatic rings. The first-order valence-corrected chi connectivity index (χ1v) is 10.9. The number of carbonyl (C=O) groups excluding carboxylic acids is 2. The van der Waals surface area contributed by atoms with Crippen molar-refractivity contribution < 1.29 is 53.5 Å². The molecule has 0 spiro atoms. The van der Waals surface area contributed by atoms with Gasteiger partial charge in [-0.2, -0.15) is 0 Å². The number of nitrogens with zero attached hydrogens (tertiary/aromatic N) is 3. The zero-order valence-electron chi connectivity index (χ0n) is 19.6. The highest BCUT2D eigenvalue weighted by Crippen LogP contribution is 2.01. The Morgan fingerprint density at radius 3 is 1.78 bits per heavy atom. The Balaban J connectivity index is 4.02. The van der Waals surface area contributed by atoms with Crippen LogP contribution in [0.2, 0.25) is 0 Å². The van der Waals surface area contributed by atoms with Crippen LogP contribution in [0, 0.1) is 0 Å². The Hall–Kier alpha value is -3.66. The molecule has 0 rings (SSSR count). The Morgan fingerprint density at radius 2 is 1.28 bits per heavy atom. The molecule has 0 unspecified atom stereocenters. The van der Waals surface area contributed by atoms with E-state index in [9.17, 15) is 29.1 Å². The van der Waals surface area contributed by atoms with E-state index >= 15 is 0 Å². The number of ether oxygens (including phenoxy) is 3. The van der Waals surface area contributed by atoms with Gasteiger partial charge in [0.2, 0.25) is 5.91 Å². The van der Waals surface area contributed by atoms with Gasteiger partial charge < -0.3 is 45.5 Å². The van der Waals surface area contributed by atoms with E-state index in [1.54, 1.807) is 0 Å². The molecular formula is C19H32N6O11. The van der Waals surface area contributed by atoms with Crippen molar-refractivity contribution >= 4 is 29.8 Å². The van der Waals surface area contributed by atoms with E-state index in [0.29, 0.717) is 26.4 Å². The summed E-state index contributed by atoms with van der Waals surface area (Å²) in [5.74, 6) is -4.64. The first-order valence-electron chi connectivity index (χ1n) is 10.9. The maximum Gasteiger partial charge on any atom is 0.326 e. The molecule has 0 saturated carbocycles. The highest BCUT2D eigenvalue weighted by Gasteiger charge is 2.25. The molecule has 0 aromatic heterocycles. The second-order valence-corrected chi connectivity index (χ2v) is 7.01.